The fraction of sp³-hybridized carbons (Fsp3) is 0.977. The van der Waals surface area contributed by atoms with E-state index in [0.29, 0.717) is 13.0 Å². The van der Waals surface area contributed by atoms with Crippen LogP contribution in [0.5, 0.6) is 0 Å². The first-order valence-corrected chi connectivity index (χ1v) is 22.6. The summed E-state index contributed by atoms with van der Waals surface area (Å²) in [5.41, 5.74) is 0. The Morgan fingerprint density at radius 2 is 0.930 bits per heavy atom. The molecule has 14 nitrogen and oxygen atoms in total. The summed E-state index contributed by atoms with van der Waals surface area (Å²) in [6.45, 7) is 3.57. The van der Waals surface area contributed by atoms with Gasteiger partial charge < -0.3 is 64.2 Å². The van der Waals surface area contributed by atoms with E-state index in [9.17, 15) is 40.5 Å². The summed E-state index contributed by atoms with van der Waals surface area (Å²) in [7, 11) is 0. The summed E-state index contributed by atoms with van der Waals surface area (Å²) in [6.07, 6.45) is 12.5. The van der Waals surface area contributed by atoms with Crippen LogP contribution in [-0.4, -0.2) is 142 Å². The molecule has 0 saturated carbocycles. The van der Waals surface area contributed by atoms with Gasteiger partial charge in [-0.1, -0.05) is 149 Å². The monoisotopic (exact) mass is 823 g/mol. The third-order valence-electron chi connectivity index (χ3n) is 11.1. The molecule has 2 fully saturated rings. The van der Waals surface area contributed by atoms with Crippen molar-refractivity contribution in [3.8, 4) is 0 Å². The molecule has 0 aliphatic carbocycles. The largest absolute Gasteiger partial charge is 0.457 e. The molecule has 0 bridgehead atoms. The van der Waals surface area contributed by atoms with Gasteiger partial charge >= 0.3 is 5.97 Å². The quantitative estimate of drug-likeness (QED) is 0.0333. The van der Waals surface area contributed by atoms with Crippen LogP contribution in [0.2, 0.25) is 0 Å². The number of carbonyl (C=O) groups is 1. The van der Waals surface area contributed by atoms with Gasteiger partial charge in [0, 0.05) is 13.0 Å². The molecule has 11 atom stereocenters. The molecule has 0 aromatic heterocycles. The highest BCUT2D eigenvalue weighted by Gasteiger charge is 2.47. The Morgan fingerprint density at radius 3 is 1.42 bits per heavy atom. The topological polar surface area (TPSA) is 214 Å². The van der Waals surface area contributed by atoms with Gasteiger partial charge in [0.2, 0.25) is 0 Å². The van der Waals surface area contributed by atoms with E-state index >= 15 is 0 Å². The lowest BCUT2D eigenvalue weighted by atomic mass is 9.98. The van der Waals surface area contributed by atoms with Crippen molar-refractivity contribution in [1.82, 2.24) is 0 Å². The van der Waals surface area contributed by atoms with Crippen LogP contribution in [0.4, 0.5) is 0 Å². The van der Waals surface area contributed by atoms with Gasteiger partial charge in [-0.2, -0.15) is 0 Å². The Hall–Kier alpha value is -1.01. The van der Waals surface area contributed by atoms with Gasteiger partial charge in [0.1, 0.15) is 54.9 Å². The lowest BCUT2D eigenvalue weighted by Crippen LogP contribution is -2.61. The van der Waals surface area contributed by atoms with Crippen LogP contribution >= 0.6 is 0 Å². The standard InChI is InChI=1S/C43H82O14/c1-3-5-7-9-10-11-12-13-14-15-16-17-18-19-20-21-22-23-25-27-52-29-32(55-35(45)26-24-8-6-4-2)30-53-42-41(51)39(49)37(47)34(57-42)31-54-43-40(50)38(48)36(46)33(28-44)56-43/h32-34,36-44,46-51H,3-31H2,1-2H3. The third-order valence-corrected chi connectivity index (χ3v) is 11.1. The van der Waals surface area contributed by atoms with Gasteiger partial charge in [0.05, 0.1) is 26.4 Å². The van der Waals surface area contributed by atoms with Crippen molar-refractivity contribution in [2.75, 3.05) is 33.0 Å². The Kier molecular flexibility index (Phi) is 29.9. The molecular formula is C43H82O14. The van der Waals surface area contributed by atoms with Gasteiger partial charge in [-0.05, 0) is 12.8 Å². The lowest BCUT2D eigenvalue weighted by molar-refractivity contribution is -0.332. The van der Waals surface area contributed by atoms with Crippen LogP contribution in [0.25, 0.3) is 0 Å². The van der Waals surface area contributed by atoms with Crippen LogP contribution in [0, 0.1) is 0 Å². The zero-order valence-corrected chi connectivity index (χ0v) is 35.3. The van der Waals surface area contributed by atoms with E-state index in [1.165, 1.54) is 103 Å². The maximum absolute atomic E-state index is 12.7. The molecule has 0 amide bonds. The lowest BCUT2D eigenvalue weighted by Gasteiger charge is -2.42. The molecule has 0 spiro atoms. The van der Waals surface area contributed by atoms with Crippen LogP contribution in [-0.2, 0) is 33.2 Å². The van der Waals surface area contributed by atoms with E-state index < -0.39 is 86.7 Å². The zero-order valence-electron chi connectivity index (χ0n) is 35.3. The number of aliphatic hydroxyl groups excluding tert-OH is 7. The summed E-state index contributed by atoms with van der Waals surface area (Å²) in [4.78, 5) is 12.7. The van der Waals surface area contributed by atoms with Crippen LogP contribution < -0.4 is 0 Å². The Bertz CT molecular complexity index is 959. The smallest absolute Gasteiger partial charge is 0.306 e. The van der Waals surface area contributed by atoms with Gasteiger partial charge in [-0.3, -0.25) is 4.79 Å². The Balaban J connectivity index is 1.68. The number of aliphatic hydroxyl groups is 7. The van der Waals surface area contributed by atoms with E-state index in [4.69, 9.17) is 28.4 Å². The summed E-state index contributed by atoms with van der Waals surface area (Å²) < 4.78 is 33.9. The minimum absolute atomic E-state index is 0.0669. The number of ether oxygens (including phenoxy) is 6. The van der Waals surface area contributed by atoms with Gasteiger partial charge in [-0.15, -0.1) is 0 Å². The number of carbonyl (C=O) groups excluding carboxylic acids is 1. The molecule has 2 aliphatic rings. The zero-order chi connectivity index (χ0) is 41.7. The molecule has 14 heteroatoms. The minimum Gasteiger partial charge on any atom is -0.457 e. The summed E-state index contributed by atoms with van der Waals surface area (Å²) in [6, 6.07) is 0. The number of rotatable bonds is 35. The van der Waals surface area contributed by atoms with Crippen LogP contribution in [0.3, 0.4) is 0 Å². The van der Waals surface area contributed by atoms with Crippen molar-refractivity contribution in [3.63, 3.8) is 0 Å². The number of unbranched alkanes of at least 4 members (excludes halogenated alkanes) is 21. The average molecular weight is 823 g/mol. The van der Waals surface area contributed by atoms with Gasteiger partial charge in [-0.25, -0.2) is 0 Å². The second-order valence-electron chi connectivity index (χ2n) is 16.2. The predicted octanol–water partition coefficient (Wildman–Crippen LogP) is 4.96. The number of esters is 1. The van der Waals surface area contributed by atoms with Crippen molar-refractivity contribution >= 4 is 5.97 Å². The molecule has 57 heavy (non-hydrogen) atoms. The second-order valence-corrected chi connectivity index (χ2v) is 16.2. The van der Waals surface area contributed by atoms with E-state index in [2.05, 4.69) is 13.8 Å². The summed E-state index contributed by atoms with van der Waals surface area (Å²) >= 11 is 0. The molecule has 0 aromatic carbocycles. The van der Waals surface area contributed by atoms with Gasteiger partial charge in [0.15, 0.2) is 12.6 Å². The molecule has 0 aromatic rings. The molecule has 0 radical (unpaired) electrons. The maximum atomic E-state index is 12.7. The van der Waals surface area contributed by atoms with Crippen molar-refractivity contribution in [1.29, 1.82) is 0 Å². The fourth-order valence-electron chi connectivity index (χ4n) is 7.34. The van der Waals surface area contributed by atoms with E-state index in [-0.39, 0.29) is 19.6 Å². The van der Waals surface area contributed by atoms with E-state index in [0.717, 1.165) is 38.5 Å². The van der Waals surface area contributed by atoms with Crippen molar-refractivity contribution in [2.24, 2.45) is 0 Å². The Labute approximate surface area is 342 Å². The first-order valence-electron chi connectivity index (χ1n) is 22.6. The number of hydrogen-bond donors (Lipinski definition) is 7. The molecule has 2 rings (SSSR count). The normalized spacial score (nSPS) is 28.4. The van der Waals surface area contributed by atoms with Crippen molar-refractivity contribution in [2.45, 2.75) is 235 Å². The predicted molar refractivity (Wildman–Crippen MR) is 215 cm³/mol. The Morgan fingerprint density at radius 1 is 0.509 bits per heavy atom. The molecule has 2 heterocycles. The van der Waals surface area contributed by atoms with Crippen molar-refractivity contribution < 1.29 is 69.0 Å². The van der Waals surface area contributed by atoms with Crippen LogP contribution in [0.15, 0.2) is 0 Å². The highest BCUT2D eigenvalue weighted by Crippen LogP contribution is 2.26. The van der Waals surface area contributed by atoms with E-state index in [1.54, 1.807) is 0 Å². The highest BCUT2D eigenvalue weighted by molar-refractivity contribution is 5.69. The molecule has 7 N–H and O–H groups in total. The maximum Gasteiger partial charge on any atom is 0.306 e. The molecule has 11 unspecified atom stereocenters. The average Bonchev–Trinajstić information content (AvgIpc) is 3.21. The summed E-state index contributed by atoms with van der Waals surface area (Å²) in [5, 5.41) is 71.6. The van der Waals surface area contributed by atoms with E-state index in [1.807, 2.05) is 0 Å². The molecular weight excluding hydrogens is 740 g/mol. The second kappa shape index (κ2) is 32.7. The van der Waals surface area contributed by atoms with Crippen LogP contribution in [0.1, 0.15) is 168 Å². The molecule has 2 saturated heterocycles. The highest BCUT2D eigenvalue weighted by atomic mass is 16.7. The molecule has 338 valence electrons. The molecule has 2 aliphatic heterocycles. The first-order chi connectivity index (χ1) is 27.6. The number of hydrogen-bond acceptors (Lipinski definition) is 14. The minimum atomic E-state index is -1.70. The van der Waals surface area contributed by atoms with Crippen molar-refractivity contribution in [3.05, 3.63) is 0 Å². The SMILES string of the molecule is CCCCCCCCCCCCCCCCCCCCCOCC(COC1OC(COC2OC(CO)C(O)C(O)C2O)C(O)C(O)C1O)OC(=O)CCCCCC. The van der Waals surface area contributed by atoms with Gasteiger partial charge in [0.25, 0.3) is 0 Å². The summed E-state index contributed by atoms with van der Waals surface area (Å²) in [5.74, 6) is -0.391. The third kappa shape index (κ3) is 21.9. The first kappa shape index (κ1) is 52.1. The fourth-order valence-corrected chi connectivity index (χ4v) is 7.34.